The Balaban J connectivity index is 1.82. The summed E-state index contributed by atoms with van der Waals surface area (Å²) in [6, 6.07) is 15.0. The second kappa shape index (κ2) is 9.43. The van der Waals surface area contributed by atoms with E-state index in [2.05, 4.69) is 77.8 Å². The van der Waals surface area contributed by atoms with Gasteiger partial charge in [-0.05, 0) is 87.3 Å². The van der Waals surface area contributed by atoms with Gasteiger partial charge in [-0.1, -0.05) is 18.2 Å². The van der Waals surface area contributed by atoms with Crippen molar-refractivity contribution in [3.8, 4) is 5.69 Å². The van der Waals surface area contributed by atoms with Gasteiger partial charge in [0.25, 0.3) is 0 Å². The molecular formula is C26H32N4OS. The predicted octanol–water partition coefficient (Wildman–Crippen LogP) is 5.11. The number of rotatable bonds is 7. The Bertz CT molecular complexity index is 1110. The molecule has 0 spiro atoms. The average molecular weight is 449 g/mol. The molecule has 1 aliphatic heterocycles. The molecule has 0 amide bonds. The summed E-state index contributed by atoms with van der Waals surface area (Å²) in [7, 11) is 1.74. The Kier molecular flexibility index (Phi) is 6.63. The molecule has 0 unspecified atom stereocenters. The van der Waals surface area contributed by atoms with Crippen LogP contribution >= 0.6 is 12.2 Å². The van der Waals surface area contributed by atoms with Crippen LogP contribution < -0.4 is 5.32 Å². The molecule has 1 saturated heterocycles. The minimum atomic E-state index is -0.00111. The summed E-state index contributed by atoms with van der Waals surface area (Å²) in [5.41, 5.74) is 8.59. The highest BCUT2D eigenvalue weighted by molar-refractivity contribution is 7.80. The van der Waals surface area contributed by atoms with Crippen molar-refractivity contribution in [3.05, 3.63) is 82.4 Å². The van der Waals surface area contributed by atoms with Crippen LogP contribution in [-0.2, 0) is 4.74 Å². The highest BCUT2D eigenvalue weighted by Gasteiger charge is 2.41. The minimum Gasteiger partial charge on any atom is -0.385 e. The zero-order valence-electron chi connectivity index (χ0n) is 19.6. The van der Waals surface area contributed by atoms with Crippen LogP contribution in [0, 0.1) is 27.7 Å². The summed E-state index contributed by atoms with van der Waals surface area (Å²) in [6.07, 6.45) is 2.77. The summed E-state index contributed by atoms with van der Waals surface area (Å²) < 4.78 is 7.69. The van der Waals surface area contributed by atoms with Crippen molar-refractivity contribution in [2.24, 2.45) is 0 Å². The molecule has 1 fully saturated rings. The molecule has 32 heavy (non-hydrogen) atoms. The van der Waals surface area contributed by atoms with E-state index in [9.17, 15) is 0 Å². The molecule has 6 heteroatoms. The monoisotopic (exact) mass is 448 g/mol. The van der Waals surface area contributed by atoms with Gasteiger partial charge in [0.2, 0.25) is 0 Å². The molecule has 168 valence electrons. The van der Waals surface area contributed by atoms with E-state index >= 15 is 0 Å². The van der Waals surface area contributed by atoms with Gasteiger partial charge in [-0.25, -0.2) is 0 Å². The lowest BCUT2D eigenvalue weighted by Crippen LogP contribution is -2.31. The van der Waals surface area contributed by atoms with E-state index in [4.69, 9.17) is 17.0 Å². The maximum absolute atomic E-state index is 5.80. The summed E-state index contributed by atoms with van der Waals surface area (Å²) in [5.74, 6) is 0. The van der Waals surface area contributed by atoms with Crippen LogP contribution in [0.4, 0.5) is 0 Å². The first-order valence-electron chi connectivity index (χ1n) is 11.2. The molecule has 1 aromatic carbocycles. The number of aryl methyl sites for hydroxylation is 2. The Hall–Kier alpha value is -2.70. The van der Waals surface area contributed by atoms with Crippen molar-refractivity contribution in [2.45, 2.75) is 46.2 Å². The zero-order valence-corrected chi connectivity index (χ0v) is 20.4. The number of hydrogen-bond donors (Lipinski definition) is 1. The Morgan fingerprint density at radius 1 is 1.09 bits per heavy atom. The molecule has 0 bridgehead atoms. The SMILES string of the molecule is COCCCN1C(=S)N[C@@H](c2ccccn2)[C@H]1c1cc(C)n(-c2cccc(C)c2C)c1C. The van der Waals surface area contributed by atoms with Gasteiger partial charge in [-0.2, -0.15) is 0 Å². The second-order valence-corrected chi connectivity index (χ2v) is 8.93. The van der Waals surface area contributed by atoms with Gasteiger partial charge in [0, 0.05) is 43.5 Å². The first kappa shape index (κ1) is 22.5. The third kappa shape index (κ3) is 4.05. The van der Waals surface area contributed by atoms with E-state index in [1.165, 1.54) is 33.8 Å². The van der Waals surface area contributed by atoms with E-state index in [0.29, 0.717) is 6.61 Å². The van der Waals surface area contributed by atoms with Crippen LogP contribution in [0.25, 0.3) is 5.69 Å². The number of ether oxygens (including phenoxy) is 1. The third-order valence-electron chi connectivity index (χ3n) is 6.55. The maximum Gasteiger partial charge on any atom is 0.170 e. The highest BCUT2D eigenvalue weighted by atomic mass is 32.1. The average Bonchev–Trinajstić information content (AvgIpc) is 3.26. The topological polar surface area (TPSA) is 42.3 Å². The fraction of sp³-hybridized carbons (Fsp3) is 0.385. The van der Waals surface area contributed by atoms with Gasteiger partial charge in [-0.15, -0.1) is 0 Å². The first-order valence-corrected chi connectivity index (χ1v) is 11.6. The number of hydrogen-bond acceptors (Lipinski definition) is 3. The molecule has 3 aromatic rings. The number of benzene rings is 1. The van der Waals surface area contributed by atoms with Crippen molar-refractivity contribution in [1.82, 2.24) is 19.8 Å². The van der Waals surface area contributed by atoms with Gasteiger partial charge in [0.1, 0.15) is 0 Å². The Morgan fingerprint density at radius 3 is 2.62 bits per heavy atom. The van der Waals surface area contributed by atoms with Gasteiger partial charge in [0.15, 0.2) is 5.11 Å². The van der Waals surface area contributed by atoms with Crippen molar-refractivity contribution < 1.29 is 4.74 Å². The molecule has 2 aromatic heterocycles. The van der Waals surface area contributed by atoms with Gasteiger partial charge >= 0.3 is 0 Å². The lowest BCUT2D eigenvalue weighted by Gasteiger charge is -2.28. The summed E-state index contributed by atoms with van der Waals surface area (Å²) in [5, 5.41) is 4.33. The predicted molar refractivity (Wildman–Crippen MR) is 133 cm³/mol. The molecule has 5 nitrogen and oxygen atoms in total. The molecule has 0 aliphatic carbocycles. The van der Waals surface area contributed by atoms with Crippen molar-refractivity contribution >= 4 is 17.3 Å². The number of thiocarbonyl (C=S) groups is 1. The number of nitrogens with zero attached hydrogens (tertiary/aromatic N) is 3. The van der Waals surface area contributed by atoms with Crippen LogP contribution in [0.3, 0.4) is 0 Å². The summed E-state index contributed by atoms with van der Waals surface area (Å²) in [6.45, 7) is 10.3. The molecule has 0 radical (unpaired) electrons. The first-order chi connectivity index (χ1) is 15.4. The second-order valence-electron chi connectivity index (χ2n) is 8.55. The highest BCUT2D eigenvalue weighted by Crippen LogP contribution is 2.41. The van der Waals surface area contributed by atoms with E-state index < -0.39 is 0 Å². The smallest absolute Gasteiger partial charge is 0.170 e. The number of pyridine rings is 1. The van der Waals surface area contributed by atoms with Crippen LogP contribution in [0.2, 0.25) is 0 Å². The van der Waals surface area contributed by atoms with Crippen molar-refractivity contribution in [3.63, 3.8) is 0 Å². The van der Waals surface area contributed by atoms with E-state index in [0.717, 1.165) is 23.8 Å². The largest absolute Gasteiger partial charge is 0.385 e. The minimum absolute atomic E-state index is 0.00111. The van der Waals surface area contributed by atoms with Crippen LogP contribution in [0.5, 0.6) is 0 Å². The fourth-order valence-electron chi connectivity index (χ4n) is 4.80. The maximum atomic E-state index is 5.80. The quantitative estimate of drug-likeness (QED) is 0.402. The van der Waals surface area contributed by atoms with Crippen LogP contribution in [-0.4, -0.2) is 39.8 Å². The van der Waals surface area contributed by atoms with Gasteiger partial charge in [-0.3, -0.25) is 4.98 Å². The van der Waals surface area contributed by atoms with E-state index in [-0.39, 0.29) is 12.1 Å². The summed E-state index contributed by atoms with van der Waals surface area (Å²) in [4.78, 5) is 6.97. The lowest BCUT2D eigenvalue weighted by atomic mass is 9.96. The van der Waals surface area contributed by atoms with Crippen molar-refractivity contribution in [2.75, 3.05) is 20.3 Å². The molecule has 2 atom stereocenters. The Morgan fingerprint density at radius 2 is 1.91 bits per heavy atom. The molecule has 1 N–H and O–H groups in total. The van der Waals surface area contributed by atoms with Crippen LogP contribution in [0.15, 0.2) is 48.7 Å². The zero-order chi connectivity index (χ0) is 22.8. The third-order valence-corrected chi connectivity index (χ3v) is 6.90. The molecule has 4 rings (SSSR count). The number of methoxy groups -OCH3 is 1. The molecular weight excluding hydrogens is 416 g/mol. The van der Waals surface area contributed by atoms with Gasteiger partial charge in [0.05, 0.1) is 17.8 Å². The number of aromatic nitrogens is 2. The standard InChI is InChI=1S/C26H32N4OS/c1-17-10-8-12-23(19(17)3)30-18(2)16-21(20(30)4)25-24(22-11-6-7-13-27-22)28-26(32)29(25)14-9-15-31-5/h6-8,10-13,16,24-25H,9,14-15H2,1-5H3,(H,28,32)/t24-,25+/m0/s1. The van der Waals surface area contributed by atoms with Gasteiger partial charge < -0.3 is 19.5 Å². The normalized spacial score (nSPS) is 18.3. The Labute approximate surface area is 196 Å². The molecule has 1 aliphatic rings. The van der Waals surface area contributed by atoms with Crippen molar-refractivity contribution in [1.29, 1.82) is 0 Å². The summed E-state index contributed by atoms with van der Waals surface area (Å²) >= 11 is 5.80. The molecule has 3 heterocycles. The lowest BCUT2D eigenvalue weighted by molar-refractivity contribution is 0.180. The van der Waals surface area contributed by atoms with Crippen LogP contribution in [0.1, 0.15) is 52.3 Å². The fourth-order valence-corrected chi connectivity index (χ4v) is 5.13. The van der Waals surface area contributed by atoms with E-state index in [1.54, 1.807) is 7.11 Å². The van der Waals surface area contributed by atoms with E-state index in [1.807, 2.05) is 18.3 Å². The number of nitrogens with one attached hydrogen (secondary N) is 1. The molecule has 0 saturated carbocycles.